The van der Waals surface area contributed by atoms with Gasteiger partial charge in [-0.1, -0.05) is 60.2 Å². The second-order valence-electron chi connectivity index (χ2n) is 6.30. The Labute approximate surface area is 148 Å². The topological polar surface area (TPSA) is 46.9 Å². The van der Waals surface area contributed by atoms with E-state index in [9.17, 15) is 4.79 Å². The molecule has 0 bridgehead atoms. The summed E-state index contributed by atoms with van der Waals surface area (Å²) in [5, 5.41) is 7.13. The average Bonchev–Trinajstić information content (AvgIpc) is 3.04. The number of hydrogen-bond donors (Lipinski definition) is 1. The Balaban J connectivity index is 1.74. The summed E-state index contributed by atoms with van der Waals surface area (Å²) in [5.74, 6) is 0.0870. The van der Waals surface area contributed by atoms with E-state index in [1.54, 1.807) is 10.9 Å². The standard InChI is InChI=1S/C21H23N3O/c1-16-8-10-18(11-9-16)20(17-6-4-3-5-7-17)14-21(25)22-15-19-12-13-23-24(19)2/h3-13,20H,14-15H2,1-2H3,(H,22,25)/t20-/m0/s1. The van der Waals surface area contributed by atoms with Gasteiger partial charge in [0.25, 0.3) is 0 Å². The quantitative estimate of drug-likeness (QED) is 0.750. The predicted octanol–water partition coefficient (Wildman–Crippen LogP) is 3.57. The van der Waals surface area contributed by atoms with Crippen LogP contribution >= 0.6 is 0 Å². The lowest BCUT2D eigenvalue weighted by molar-refractivity contribution is -0.121. The Hall–Kier alpha value is -2.88. The van der Waals surface area contributed by atoms with E-state index in [4.69, 9.17) is 0 Å². The number of carbonyl (C=O) groups excluding carboxylic acids is 1. The minimum atomic E-state index is 0.0376. The van der Waals surface area contributed by atoms with Crippen molar-refractivity contribution in [3.8, 4) is 0 Å². The van der Waals surface area contributed by atoms with Crippen molar-refractivity contribution in [1.29, 1.82) is 0 Å². The molecule has 2 aromatic carbocycles. The van der Waals surface area contributed by atoms with E-state index >= 15 is 0 Å². The summed E-state index contributed by atoms with van der Waals surface area (Å²) in [5.41, 5.74) is 4.52. The maximum Gasteiger partial charge on any atom is 0.221 e. The third-order valence-electron chi connectivity index (χ3n) is 4.46. The second kappa shape index (κ2) is 7.79. The summed E-state index contributed by atoms with van der Waals surface area (Å²) in [6.45, 7) is 2.56. The molecule has 128 valence electrons. The van der Waals surface area contributed by atoms with Crippen molar-refractivity contribution in [1.82, 2.24) is 15.1 Å². The van der Waals surface area contributed by atoms with E-state index in [2.05, 4.69) is 53.7 Å². The first-order valence-corrected chi connectivity index (χ1v) is 8.48. The molecular weight excluding hydrogens is 310 g/mol. The zero-order chi connectivity index (χ0) is 17.6. The molecule has 0 saturated heterocycles. The highest BCUT2D eigenvalue weighted by Gasteiger charge is 2.18. The molecule has 0 radical (unpaired) electrons. The number of aryl methyl sites for hydroxylation is 2. The van der Waals surface area contributed by atoms with Gasteiger partial charge in [-0.2, -0.15) is 5.10 Å². The number of nitrogens with zero attached hydrogens (tertiary/aromatic N) is 2. The van der Waals surface area contributed by atoms with Crippen LogP contribution in [0, 0.1) is 6.92 Å². The van der Waals surface area contributed by atoms with Crippen molar-refractivity contribution >= 4 is 5.91 Å². The molecular formula is C21H23N3O. The van der Waals surface area contributed by atoms with E-state index in [1.165, 1.54) is 5.56 Å². The highest BCUT2D eigenvalue weighted by Crippen LogP contribution is 2.28. The van der Waals surface area contributed by atoms with Crippen molar-refractivity contribution in [2.75, 3.05) is 0 Å². The molecule has 0 fully saturated rings. The van der Waals surface area contributed by atoms with Crippen LogP contribution in [0.3, 0.4) is 0 Å². The van der Waals surface area contributed by atoms with Gasteiger partial charge >= 0.3 is 0 Å². The minimum absolute atomic E-state index is 0.0376. The Morgan fingerprint density at radius 1 is 1.04 bits per heavy atom. The summed E-state index contributed by atoms with van der Waals surface area (Å²) in [4.78, 5) is 12.5. The summed E-state index contributed by atoms with van der Waals surface area (Å²) in [7, 11) is 1.88. The number of carbonyl (C=O) groups is 1. The van der Waals surface area contributed by atoms with Crippen LogP contribution in [-0.2, 0) is 18.4 Å². The van der Waals surface area contributed by atoms with Crippen molar-refractivity contribution in [3.63, 3.8) is 0 Å². The van der Waals surface area contributed by atoms with Crippen molar-refractivity contribution < 1.29 is 4.79 Å². The fraction of sp³-hybridized carbons (Fsp3) is 0.238. The molecule has 0 unspecified atom stereocenters. The highest BCUT2D eigenvalue weighted by molar-refractivity contribution is 5.77. The molecule has 1 amide bonds. The molecule has 1 atom stereocenters. The van der Waals surface area contributed by atoms with Crippen LogP contribution in [0.2, 0.25) is 0 Å². The van der Waals surface area contributed by atoms with Crippen LogP contribution in [0.25, 0.3) is 0 Å². The zero-order valence-electron chi connectivity index (χ0n) is 14.6. The molecule has 0 aliphatic rings. The lowest BCUT2D eigenvalue weighted by atomic mass is 9.88. The fourth-order valence-corrected chi connectivity index (χ4v) is 2.93. The molecule has 1 N–H and O–H groups in total. The van der Waals surface area contributed by atoms with Gasteiger partial charge in [-0.15, -0.1) is 0 Å². The van der Waals surface area contributed by atoms with Gasteiger partial charge in [-0.25, -0.2) is 0 Å². The Kier molecular flexibility index (Phi) is 5.29. The fourth-order valence-electron chi connectivity index (χ4n) is 2.93. The van der Waals surface area contributed by atoms with Gasteiger partial charge < -0.3 is 5.32 Å². The van der Waals surface area contributed by atoms with Crippen LogP contribution in [0.1, 0.15) is 34.7 Å². The zero-order valence-corrected chi connectivity index (χ0v) is 14.6. The van der Waals surface area contributed by atoms with Gasteiger partial charge in [0.2, 0.25) is 5.91 Å². The van der Waals surface area contributed by atoms with Gasteiger partial charge in [-0.05, 0) is 24.1 Å². The van der Waals surface area contributed by atoms with Gasteiger partial charge in [0.1, 0.15) is 0 Å². The molecule has 25 heavy (non-hydrogen) atoms. The first kappa shape index (κ1) is 17.0. The van der Waals surface area contributed by atoms with Gasteiger partial charge in [0.05, 0.1) is 12.2 Å². The molecule has 3 aromatic rings. The number of amides is 1. The number of aromatic nitrogens is 2. The molecule has 0 saturated carbocycles. The normalized spacial score (nSPS) is 11.9. The summed E-state index contributed by atoms with van der Waals surface area (Å²) in [6.07, 6.45) is 2.16. The predicted molar refractivity (Wildman–Crippen MR) is 99.1 cm³/mol. The van der Waals surface area contributed by atoms with E-state index in [-0.39, 0.29) is 11.8 Å². The molecule has 4 nitrogen and oxygen atoms in total. The van der Waals surface area contributed by atoms with E-state index in [1.807, 2.05) is 31.3 Å². The summed E-state index contributed by atoms with van der Waals surface area (Å²) in [6, 6.07) is 20.5. The number of benzene rings is 2. The third kappa shape index (κ3) is 4.35. The van der Waals surface area contributed by atoms with Gasteiger partial charge in [0.15, 0.2) is 0 Å². The van der Waals surface area contributed by atoms with Crippen LogP contribution in [0.15, 0.2) is 66.9 Å². The second-order valence-corrected chi connectivity index (χ2v) is 6.30. The molecule has 3 rings (SSSR count). The largest absolute Gasteiger partial charge is 0.350 e. The summed E-state index contributed by atoms with van der Waals surface area (Å²) < 4.78 is 1.77. The smallest absolute Gasteiger partial charge is 0.221 e. The lowest BCUT2D eigenvalue weighted by Crippen LogP contribution is -2.26. The molecule has 0 aliphatic heterocycles. The van der Waals surface area contributed by atoms with Crippen LogP contribution < -0.4 is 5.32 Å². The van der Waals surface area contributed by atoms with Crippen molar-refractivity contribution in [2.45, 2.75) is 25.8 Å². The third-order valence-corrected chi connectivity index (χ3v) is 4.46. The van der Waals surface area contributed by atoms with E-state index in [0.29, 0.717) is 13.0 Å². The Morgan fingerprint density at radius 3 is 2.36 bits per heavy atom. The molecule has 4 heteroatoms. The van der Waals surface area contributed by atoms with Gasteiger partial charge in [-0.3, -0.25) is 9.48 Å². The maximum atomic E-state index is 12.5. The van der Waals surface area contributed by atoms with Crippen molar-refractivity contribution in [2.24, 2.45) is 7.05 Å². The molecule has 1 heterocycles. The molecule has 0 aliphatic carbocycles. The van der Waals surface area contributed by atoms with Crippen LogP contribution in [0.4, 0.5) is 0 Å². The van der Waals surface area contributed by atoms with Gasteiger partial charge in [0, 0.05) is 25.6 Å². The number of rotatable bonds is 6. The maximum absolute atomic E-state index is 12.5. The van der Waals surface area contributed by atoms with Crippen molar-refractivity contribution in [3.05, 3.63) is 89.2 Å². The number of nitrogens with one attached hydrogen (secondary N) is 1. The highest BCUT2D eigenvalue weighted by atomic mass is 16.1. The van der Waals surface area contributed by atoms with Crippen LogP contribution in [0.5, 0.6) is 0 Å². The monoisotopic (exact) mass is 333 g/mol. The Morgan fingerprint density at radius 2 is 1.72 bits per heavy atom. The molecule has 0 spiro atoms. The lowest BCUT2D eigenvalue weighted by Gasteiger charge is -2.18. The first-order chi connectivity index (χ1) is 12.1. The minimum Gasteiger partial charge on any atom is -0.350 e. The first-order valence-electron chi connectivity index (χ1n) is 8.48. The Bertz CT molecular complexity index is 822. The molecule has 1 aromatic heterocycles. The summed E-state index contributed by atoms with van der Waals surface area (Å²) >= 11 is 0. The van der Waals surface area contributed by atoms with E-state index < -0.39 is 0 Å². The van der Waals surface area contributed by atoms with E-state index in [0.717, 1.165) is 16.8 Å². The number of hydrogen-bond acceptors (Lipinski definition) is 2. The SMILES string of the molecule is Cc1ccc([C@@H](CC(=O)NCc2ccnn2C)c2ccccc2)cc1. The van der Waals surface area contributed by atoms with Crippen LogP contribution in [-0.4, -0.2) is 15.7 Å². The average molecular weight is 333 g/mol.